The minimum Gasteiger partial charge on any atom is -0.385 e. The molecule has 2 rings (SSSR count). The quantitative estimate of drug-likeness (QED) is 0.922. The Labute approximate surface area is 124 Å². The van der Waals surface area contributed by atoms with Gasteiger partial charge in [-0.05, 0) is 32.9 Å². The van der Waals surface area contributed by atoms with Gasteiger partial charge in [0.2, 0.25) is 0 Å². The van der Waals surface area contributed by atoms with Gasteiger partial charge in [0.05, 0.1) is 5.56 Å². The molecule has 21 heavy (non-hydrogen) atoms. The predicted octanol–water partition coefficient (Wildman–Crippen LogP) is 3.69. The van der Waals surface area contributed by atoms with Gasteiger partial charge in [0.15, 0.2) is 0 Å². The minimum absolute atomic E-state index is 0.104. The van der Waals surface area contributed by atoms with Gasteiger partial charge >= 0.3 is 0 Å². The number of nitrogens with one attached hydrogen (secondary N) is 1. The molecule has 1 aliphatic rings. The number of nitrogens with zero attached hydrogens (tertiary/aromatic N) is 1. The number of rotatable bonds is 3. The number of carbonyl (C=O) groups is 1. The van der Waals surface area contributed by atoms with Crippen LogP contribution in [0, 0.1) is 6.92 Å². The van der Waals surface area contributed by atoms with E-state index in [1.807, 2.05) is 32.0 Å². The van der Waals surface area contributed by atoms with E-state index in [0.29, 0.717) is 12.1 Å². The average molecular weight is 296 g/mol. The molecule has 0 aromatic heterocycles. The summed E-state index contributed by atoms with van der Waals surface area (Å²) in [5, 5.41) is 3.16. The monoisotopic (exact) mass is 296 g/mol. The fourth-order valence-electron chi connectivity index (χ4n) is 2.78. The molecule has 116 valence electrons. The van der Waals surface area contributed by atoms with E-state index in [2.05, 4.69) is 5.32 Å². The molecule has 1 aromatic carbocycles. The van der Waals surface area contributed by atoms with Crippen molar-refractivity contribution in [2.45, 2.75) is 45.6 Å². The van der Waals surface area contributed by atoms with Crippen LogP contribution in [0.5, 0.6) is 0 Å². The summed E-state index contributed by atoms with van der Waals surface area (Å²) < 4.78 is 26.8. The van der Waals surface area contributed by atoms with Crippen molar-refractivity contribution in [3.8, 4) is 0 Å². The van der Waals surface area contributed by atoms with E-state index < -0.39 is 12.0 Å². The third kappa shape index (κ3) is 3.52. The summed E-state index contributed by atoms with van der Waals surface area (Å²) in [5.41, 5.74) is 2.31. The maximum absolute atomic E-state index is 13.4. The summed E-state index contributed by atoms with van der Waals surface area (Å²) in [6, 6.07) is 5.17. The van der Waals surface area contributed by atoms with Crippen molar-refractivity contribution in [3.63, 3.8) is 0 Å². The first-order valence-corrected chi connectivity index (χ1v) is 7.37. The molecule has 1 aliphatic heterocycles. The zero-order valence-electron chi connectivity index (χ0n) is 12.7. The molecule has 0 bridgehead atoms. The van der Waals surface area contributed by atoms with Crippen LogP contribution in [0.3, 0.4) is 0 Å². The second kappa shape index (κ2) is 6.00. The fourth-order valence-corrected chi connectivity index (χ4v) is 2.78. The molecule has 1 heterocycles. The highest BCUT2D eigenvalue weighted by molar-refractivity contribution is 6.00. The summed E-state index contributed by atoms with van der Waals surface area (Å²) in [7, 11) is 0. The molecular formula is C16H22F2N2O. The lowest BCUT2D eigenvalue weighted by Gasteiger charge is -2.37. The van der Waals surface area contributed by atoms with Gasteiger partial charge in [-0.1, -0.05) is 11.6 Å². The normalized spacial score (nSPS) is 21.2. The molecule has 0 radical (unpaired) electrons. The molecule has 1 saturated heterocycles. The van der Waals surface area contributed by atoms with Crippen LogP contribution in [-0.2, 0) is 0 Å². The van der Waals surface area contributed by atoms with Gasteiger partial charge in [0.1, 0.15) is 0 Å². The van der Waals surface area contributed by atoms with Crippen LogP contribution < -0.4 is 5.32 Å². The number of benzene rings is 1. The molecule has 1 aromatic rings. The maximum atomic E-state index is 13.4. The van der Waals surface area contributed by atoms with E-state index in [4.69, 9.17) is 0 Å². The lowest BCUT2D eigenvalue weighted by atomic mass is 9.98. The second-order valence-corrected chi connectivity index (χ2v) is 5.74. The van der Waals surface area contributed by atoms with Crippen LogP contribution in [0.25, 0.3) is 0 Å². The zero-order chi connectivity index (χ0) is 15.6. The largest absolute Gasteiger partial charge is 0.385 e. The number of piperidine rings is 1. The molecule has 1 unspecified atom stereocenters. The first kappa shape index (κ1) is 15.7. The molecule has 1 N–H and O–H groups in total. The van der Waals surface area contributed by atoms with E-state index in [-0.39, 0.29) is 25.3 Å². The Morgan fingerprint density at radius 2 is 2.19 bits per heavy atom. The molecule has 1 atom stereocenters. The average Bonchev–Trinajstić information content (AvgIpc) is 2.39. The SMILES string of the molecule is CCNc1ccc(C)cc1C(=O)N1CCC(F)(F)CC1C. The number of anilines is 1. The number of hydrogen-bond acceptors (Lipinski definition) is 2. The van der Waals surface area contributed by atoms with Crippen molar-refractivity contribution in [2.24, 2.45) is 0 Å². The molecule has 0 saturated carbocycles. The highest BCUT2D eigenvalue weighted by Gasteiger charge is 2.40. The van der Waals surface area contributed by atoms with Crippen LogP contribution in [0.2, 0.25) is 0 Å². The van der Waals surface area contributed by atoms with Crippen LogP contribution in [0.4, 0.5) is 14.5 Å². The number of alkyl halides is 2. The number of likely N-dealkylation sites (tertiary alicyclic amines) is 1. The number of carbonyl (C=O) groups excluding carboxylic acids is 1. The van der Waals surface area contributed by atoms with Gasteiger partial charge in [-0.15, -0.1) is 0 Å². The Balaban J connectivity index is 2.26. The Morgan fingerprint density at radius 1 is 1.48 bits per heavy atom. The Morgan fingerprint density at radius 3 is 2.81 bits per heavy atom. The zero-order valence-corrected chi connectivity index (χ0v) is 12.7. The third-order valence-corrected chi connectivity index (χ3v) is 3.88. The summed E-state index contributed by atoms with van der Waals surface area (Å²) in [6.07, 6.45) is -0.521. The summed E-state index contributed by atoms with van der Waals surface area (Å²) in [4.78, 5) is 14.3. The van der Waals surface area contributed by atoms with Crippen molar-refractivity contribution < 1.29 is 13.6 Å². The van der Waals surface area contributed by atoms with Crippen LogP contribution in [0.15, 0.2) is 18.2 Å². The number of halogens is 2. The van der Waals surface area contributed by atoms with Crippen LogP contribution in [-0.4, -0.2) is 35.9 Å². The van der Waals surface area contributed by atoms with E-state index in [0.717, 1.165) is 11.3 Å². The molecule has 3 nitrogen and oxygen atoms in total. The topological polar surface area (TPSA) is 32.3 Å². The summed E-state index contributed by atoms with van der Waals surface area (Å²) in [6.45, 7) is 6.37. The van der Waals surface area contributed by atoms with Gasteiger partial charge in [-0.25, -0.2) is 8.78 Å². The Bertz CT molecular complexity index is 531. The highest BCUT2D eigenvalue weighted by Crippen LogP contribution is 2.33. The van der Waals surface area contributed by atoms with Gasteiger partial charge in [-0.3, -0.25) is 4.79 Å². The standard InChI is InChI=1S/C16H22F2N2O/c1-4-19-14-6-5-11(2)9-13(14)15(21)20-8-7-16(17,18)10-12(20)3/h5-6,9,12,19H,4,7-8,10H2,1-3H3. The van der Waals surface area contributed by atoms with Crippen molar-refractivity contribution in [3.05, 3.63) is 29.3 Å². The molecular weight excluding hydrogens is 274 g/mol. The van der Waals surface area contributed by atoms with E-state index in [1.165, 1.54) is 0 Å². The van der Waals surface area contributed by atoms with Crippen molar-refractivity contribution in [1.29, 1.82) is 0 Å². The Kier molecular flexibility index (Phi) is 4.49. The van der Waals surface area contributed by atoms with Crippen molar-refractivity contribution >= 4 is 11.6 Å². The van der Waals surface area contributed by atoms with Gasteiger partial charge in [-0.2, -0.15) is 0 Å². The number of aryl methyl sites for hydroxylation is 1. The Hall–Kier alpha value is -1.65. The molecule has 1 fully saturated rings. The first-order valence-electron chi connectivity index (χ1n) is 7.37. The second-order valence-electron chi connectivity index (χ2n) is 5.74. The van der Waals surface area contributed by atoms with Crippen LogP contribution in [0.1, 0.15) is 42.6 Å². The van der Waals surface area contributed by atoms with Gasteiger partial charge in [0, 0.05) is 37.7 Å². The van der Waals surface area contributed by atoms with Gasteiger partial charge in [0.25, 0.3) is 11.8 Å². The number of amides is 1. The van der Waals surface area contributed by atoms with Gasteiger partial charge < -0.3 is 10.2 Å². The molecule has 5 heteroatoms. The molecule has 1 amide bonds. The smallest absolute Gasteiger partial charge is 0.256 e. The van der Waals surface area contributed by atoms with Crippen LogP contribution >= 0.6 is 0 Å². The highest BCUT2D eigenvalue weighted by atomic mass is 19.3. The van der Waals surface area contributed by atoms with Crippen molar-refractivity contribution in [1.82, 2.24) is 4.90 Å². The summed E-state index contributed by atoms with van der Waals surface area (Å²) >= 11 is 0. The van der Waals surface area contributed by atoms with E-state index in [1.54, 1.807) is 11.8 Å². The van der Waals surface area contributed by atoms with E-state index in [9.17, 15) is 13.6 Å². The fraction of sp³-hybridized carbons (Fsp3) is 0.562. The first-order chi connectivity index (χ1) is 9.84. The molecule has 0 spiro atoms. The molecule has 0 aliphatic carbocycles. The number of hydrogen-bond donors (Lipinski definition) is 1. The maximum Gasteiger partial charge on any atom is 0.256 e. The predicted molar refractivity (Wildman–Crippen MR) is 80.0 cm³/mol. The minimum atomic E-state index is -2.66. The van der Waals surface area contributed by atoms with E-state index >= 15 is 0 Å². The summed E-state index contributed by atoms with van der Waals surface area (Å²) in [5.74, 6) is -2.83. The van der Waals surface area contributed by atoms with Crippen molar-refractivity contribution in [2.75, 3.05) is 18.4 Å². The third-order valence-electron chi connectivity index (χ3n) is 3.88. The lowest BCUT2D eigenvalue weighted by molar-refractivity contribution is -0.0664. The lowest BCUT2D eigenvalue weighted by Crippen LogP contribution is -2.48.